The van der Waals surface area contributed by atoms with Crippen LogP contribution < -0.4 is 5.11 Å². The van der Waals surface area contributed by atoms with Gasteiger partial charge < -0.3 is 33.3 Å². The van der Waals surface area contributed by atoms with Gasteiger partial charge in [-0.05, 0) is 64.2 Å². The van der Waals surface area contributed by atoms with E-state index in [4.69, 9.17) is 18.9 Å². The summed E-state index contributed by atoms with van der Waals surface area (Å²) in [6, 6.07) is 0. The molecule has 9 nitrogen and oxygen atoms in total. The molecule has 0 fully saturated rings. The number of likely N-dealkylation sites (N-methyl/N-ethyl adjacent to an activating group) is 1. The molecule has 0 aliphatic rings. The Kier molecular flexibility index (Phi) is 59.3. The van der Waals surface area contributed by atoms with Gasteiger partial charge in [-0.25, -0.2) is 0 Å². The zero-order chi connectivity index (χ0) is 58.3. The van der Waals surface area contributed by atoms with Crippen LogP contribution in [0.2, 0.25) is 0 Å². The number of nitrogens with zero attached hydrogens (tertiary/aromatic N) is 1. The molecule has 0 spiro atoms. The number of carbonyl (C=O) groups is 3. The van der Waals surface area contributed by atoms with Gasteiger partial charge in [0.2, 0.25) is 0 Å². The standard InChI is InChI=1S/C71H127NO8/c1-6-8-10-12-14-16-18-20-22-23-24-25-26-27-28-29-30-31-32-33-34-35-36-37-38-39-40-41-42-43-44-45-46-47-48-50-52-54-56-58-60-62-69(74)80-67(66-79-71(70(75)76)77-64-63-72(3,4)5)65-78-68(73)61-59-57-55-53-51-49-21-19-17-15-13-11-9-7-2/h8,10,14,16,20,22,24-25,27-28,30-31,67,71H,6-7,9,11-13,15,17-19,21,23,26,29,32-66H2,1-5H3/b10-8-,16-14-,22-20-,25-24-,28-27-,31-30-. The van der Waals surface area contributed by atoms with E-state index < -0.39 is 24.3 Å². The molecule has 0 heterocycles. The minimum atomic E-state index is -1.62. The maximum Gasteiger partial charge on any atom is 0.306 e. The van der Waals surface area contributed by atoms with Crippen molar-refractivity contribution in [1.29, 1.82) is 0 Å². The molecule has 0 aliphatic heterocycles. The van der Waals surface area contributed by atoms with E-state index in [1.54, 1.807) is 0 Å². The van der Waals surface area contributed by atoms with Crippen molar-refractivity contribution in [2.75, 3.05) is 47.5 Å². The van der Waals surface area contributed by atoms with E-state index in [0.29, 0.717) is 23.9 Å². The summed E-state index contributed by atoms with van der Waals surface area (Å²) in [7, 11) is 5.93. The van der Waals surface area contributed by atoms with E-state index >= 15 is 0 Å². The third-order valence-corrected chi connectivity index (χ3v) is 14.7. The SMILES string of the molecule is CC/C=C\C/C=C\C/C=C\C/C=C\C/C=C\C/C=C\CCCCCCCCCCCCCCCCCCCCCCCCC(=O)OC(COC(=O)CCCCCCCCCCCCCCCC)COC(OCC[N+](C)(C)C)C(=O)[O-]. The monoisotopic (exact) mass is 1120 g/mol. The predicted molar refractivity (Wildman–Crippen MR) is 338 cm³/mol. The molecule has 0 bridgehead atoms. The molecule has 0 aromatic rings. The highest BCUT2D eigenvalue weighted by atomic mass is 16.7. The number of rotatable bonds is 62. The first-order chi connectivity index (χ1) is 39.1. The van der Waals surface area contributed by atoms with Gasteiger partial charge in [-0.2, -0.15) is 0 Å². The lowest BCUT2D eigenvalue weighted by atomic mass is 10.0. The molecule has 464 valence electrons. The molecule has 0 aromatic heterocycles. The molecular weight excluding hydrogens is 995 g/mol. The summed E-state index contributed by atoms with van der Waals surface area (Å²) < 4.78 is 22.7. The lowest BCUT2D eigenvalue weighted by Gasteiger charge is -2.26. The number of carboxylic acid groups (broad SMARTS) is 1. The van der Waals surface area contributed by atoms with Crippen LogP contribution in [0.25, 0.3) is 0 Å². The van der Waals surface area contributed by atoms with Gasteiger partial charge in [0.05, 0.1) is 40.3 Å². The van der Waals surface area contributed by atoms with Crippen LogP contribution in [-0.4, -0.2) is 82.3 Å². The zero-order valence-corrected chi connectivity index (χ0v) is 52.9. The Morgan fingerprint density at radius 3 is 1.06 bits per heavy atom. The average molecular weight is 1120 g/mol. The highest BCUT2D eigenvalue weighted by Crippen LogP contribution is 2.18. The summed E-state index contributed by atoms with van der Waals surface area (Å²) in [6.07, 6.45) is 78.5. The van der Waals surface area contributed by atoms with E-state index in [-0.39, 0.29) is 32.2 Å². The van der Waals surface area contributed by atoms with Crippen molar-refractivity contribution in [3.63, 3.8) is 0 Å². The zero-order valence-electron chi connectivity index (χ0n) is 52.9. The van der Waals surface area contributed by atoms with E-state index in [9.17, 15) is 19.5 Å². The second-order valence-electron chi connectivity index (χ2n) is 23.7. The summed E-state index contributed by atoms with van der Waals surface area (Å²) in [5.41, 5.74) is 0. The third kappa shape index (κ3) is 62.3. The fraction of sp³-hybridized carbons (Fsp3) is 0.789. The summed E-state index contributed by atoms with van der Waals surface area (Å²) >= 11 is 0. The molecule has 2 atom stereocenters. The molecular formula is C71H127NO8. The van der Waals surface area contributed by atoms with E-state index in [2.05, 4.69) is 86.8 Å². The summed E-state index contributed by atoms with van der Waals surface area (Å²) in [5.74, 6) is -2.26. The molecule has 0 saturated heterocycles. The number of aliphatic carboxylic acids is 1. The van der Waals surface area contributed by atoms with Gasteiger partial charge in [-0.15, -0.1) is 0 Å². The van der Waals surface area contributed by atoms with Crippen molar-refractivity contribution in [3.05, 3.63) is 72.9 Å². The maximum atomic E-state index is 12.9. The number of allylic oxidation sites excluding steroid dienone is 12. The van der Waals surface area contributed by atoms with Gasteiger partial charge in [0.25, 0.3) is 0 Å². The van der Waals surface area contributed by atoms with Crippen LogP contribution in [-0.2, 0) is 33.3 Å². The molecule has 9 heteroatoms. The molecule has 0 radical (unpaired) electrons. The molecule has 0 amide bonds. The van der Waals surface area contributed by atoms with Crippen LogP contribution >= 0.6 is 0 Å². The smallest absolute Gasteiger partial charge is 0.306 e. The Labute approximate surface area is 494 Å². The van der Waals surface area contributed by atoms with Crippen molar-refractivity contribution in [1.82, 2.24) is 0 Å². The van der Waals surface area contributed by atoms with Gasteiger partial charge in [-0.1, -0.05) is 299 Å². The first-order valence-corrected chi connectivity index (χ1v) is 33.6. The average Bonchev–Trinajstić information content (AvgIpc) is 3.43. The Morgan fingerprint density at radius 1 is 0.388 bits per heavy atom. The van der Waals surface area contributed by atoms with Crippen molar-refractivity contribution >= 4 is 17.9 Å². The lowest BCUT2D eigenvalue weighted by Crippen LogP contribution is -2.44. The van der Waals surface area contributed by atoms with Gasteiger partial charge >= 0.3 is 11.9 Å². The number of carbonyl (C=O) groups excluding carboxylic acids is 3. The number of hydrogen-bond donors (Lipinski definition) is 0. The molecule has 0 saturated carbocycles. The van der Waals surface area contributed by atoms with E-state index in [1.165, 1.54) is 199 Å². The Bertz CT molecular complexity index is 1540. The van der Waals surface area contributed by atoms with Crippen molar-refractivity contribution in [2.45, 2.75) is 315 Å². The van der Waals surface area contributed by atoms with E-state index in [1.807, 2.05) is 21.1 Å². The number of hydrogen-bond acceptors (Lipinski definition) is 8. The summed E-state index contributed by atoms with van der Waals surface area (Å²) in [4.78, 5) is 37.3. The fourth-order valence-electron chi connectivity index (χ4n) is 9.60. The largest absolute Gasteiger partial charge is 0.545 e. The lowest BCUT2D eigenvalue weighted by molar-refractivity contribution is -0.870. The second-order valence-corrected chi connectivity index (χ2v) is 23.7. The predicted octanol–water partition coefficient (Wildman–Crippen LogP) is 19.2. The first kappa shape index (κ1) is 76.7. The highest BCUT2D eigenvalue weighted by Gasteiger charge is 2.22. The van der Waals surface area contributed by atoms with Crippen molar-refractivity contribution < 1.29 is 42.9 Å². The van der Waals surface area contributed by atoms with Gasteiger partial charge in [0.15, 0.2) is 12.4 Å². The van der Waals surface area contributed by atoms with E-state index in [0.717, 1.165) is 70.6 Å². The molecule has 0 rings (SSSR count). The Hall–Kier alpha value is -3.27. The summed E-state index contributed by atoms with van der Waals surface area (Å²) in [5, 5.41) is 11.8. The van der Waals surface area contributed by atoms with Crippen molar-refractivity contribution in [3.8, 4) is 0 Å². The molecule has 80 heavy (non-hydrogen) atoms. The quantitative estimate of drug-likeness (QED) is 0.0195. The minimum Gasteiger partial charge on any atom is -0.545 e. The fourth-order valence-corrected chi connectivity index (χ4v) is 9.60. The van der Waals surface area contributed by atoms with Gasteiger partial charge in [0.1, 0.15) is 13.2 Å². The van der Waals surface area contributed by atoms with Crippen LogP contribution in [0, 0.1) is 0 Å². The normalized spacial score (nSPS) is 13.2. The second kappa shape index (κ2) is 61.8. The number of unbranched alkanes of at least 4 members (excludes halogenated alkanes) is 35. The van der Waals surface area contributed by atoms with Crippen LogP contribution in [0.5, 0.6) is 0 Å². The first-order valence-electron chi connectivity index (χ1n) is 33.6. The molecule has 0 aliphatic carbocycles. The van der Waals surface area contributed by atoms with Gasteiger partial charge in [-0.3, -0.25) is 9.59 Å². The molecule has 0 aromatic carbocycles. The van der Waals surface area contributed by atoms with Crippen LogP contribution in [0.15, 0.2) is 72.9 Å². The van der Waals surface area contributed by atoms with Crippen LogP contribution in [0.1, 0.15) is 303 Å². The van der Waals surface area contributed by atoms with Crippen molar-refractivity contribution in [2.24, 2.45) is 0 Å². The number of carboxylic acids is 1. The number of esters is 2. The number of ether oxygens (including phenoxy) is 4. The Morgan fingerprint density at radius 2 is 0.713 bits per heavy atom. The topological polar surface area (TPSA) is 111 Å². The molecule has 2 unspecified atom stereocenters. The van der Waals surface area contributed by atoms with Gasteiger partial charge in [0, 0.05) is 12.8 Å². The van der Waals surface area contributed by atoms with Crippen LogP contribution in [0.3, 0.4) is 0 Å². The summed E-state index contributed by atoms with van der Waals surface area (Å²) in [6.45, 7) is 4.67. The third-order valence-electron chi connectivity index (χ3n) is 14.7. The Balaban J connectivity index is 3.94. The highest BCUT2D eigenvalue weighted by molar-refractivity contribution is 5.70. The maximum absolute atomic E-state index is 12.9. The minimum absolute atomic E-state index is 0.150. The molecule has 0 N–H and O–H groups in total. The number of quaternary nitrogens is 1. The van der Waals surface area contributed by atoms with Crippen LogP contribution in [0.4, 0.5) is 0 Å².